The first-order valence-electron chi connectivity index (χ1n) is 7.85. The predicted octanol–water partition coefficient (Wildman–Crippen LogP) is 1.85. The van der Waals surface area contributed by atoms with E-state index in [4.69, 9.17) is 4.98 Å². The predicted molar refractivity (Wildman–Crippen MR) is 89.6 cm³/mol. The highest BCUT2D eigenvalue weighted by molar-refractivity contribution is 8.00. The first-order chi connectivity index (χ1) is 10.3. The Labute approximate surface area is 130 Å². The molecule has 7 heteroatoms. The maximum absolute atomic E-state index is 4.74. The van der Waals surface area contributed by atoms with Crippen LogP contribution in [0.25, 0.3) is 0 Å². The average molecular weight is 308 g/mol. The Morgan fingerprint density at radius 1 is 1.10 bits per heavy atom. The van der Waals surface area contributed by atoms with Gasteiger partial charge in [0.25, 0.3) is 0 Å². The van der Waals surface area contributed by atoms with E-state index >= 15 is 0 Å². The normalized spacial score (nSPS) is 22.7. The van der Waals surface area contributed by atoms with Crippen LogP contribution < -0.4 is 15.1 Å². The molecule has 3 rings (SSSR count). The third-order valence-electron chi connectivity index (χ3n) is 4.10. The van der Waals surface area contributed by atoms with Gasteiger partial charge in [-0.25, -0.2) is 0 Å². The smallest absolute Gasteiger partial charge is 0.232 e. The van der Waals surface area contributed by atoms with Crippen LogP contribution in [0.4, 0.5) is 17.8 Å². The van der Waals surface area contributed by atoms with Crippen LogP contribution in [0.3, 0.4) is 0 Å². The first kappa shape index (κ1) is 14.7. The van der Waals surface area contributed by atoms with Crippen LogP contribution in [-0.4, -0.2) is 59.2 Å². The molecule has 2 fully saturated rings. The van der Waals surface area contributed by atoms with Crippen molar-refractivity contribution in [1.29, 1.82) is 0 Å². The van der Waals surface area contributed by atoms with Crippen molar-refractivity contribution in [2.24, 2.45) is 0 Å². The van der Waals surface area contributed by atoms with Crippen molar-refractivity contribution in [3.8, 4) is 0 Å². The Bertz CT molecular complexity index is 477. The second kappa shape index (κ2) is 6.68. The number of hydrogen-bond donors (Lipinski definition) is 1. The number of rotatable bonds is 4. The minimum atomic E-state index is 0.674. The fraction of sp³-hybridized carbons (Fsp3) is 0.786. The number of nitrogens with zero attached hydrogens (tertiary/aromatic N) is 5. The van der Waals surface area contributed by atoms with Gasteiger partial charge in [-0.1, -0.05) is 6.92 Å². The molecule has 116 valence electrons. The van der Waals surface area contributed by atoms with Gasteiger partial charge in [0.2, 0.25) is 17.8 Å². The summed E-state index contributed by atoms with van der Waals surface area (Å²) in [5, 5.41) is 3.76. The highest BCUT2D eigenvalue weighted by Crippen LogP contribution is 2.26. The molecule has 0 amide bonds. The molecular formula is C14H24N6S. The van der Waals surface area contributed by atoms with Gasteiger partial charge in [0.05, 0.1) is 0 Å². The van der Waals surface area contributed by atoms with E-state index in [2.05, 4.69) is 43.8 Å². The molecule has 1 atom stereocenters. The van der Waals surface area contributed by atoms with Gasteiger partial charge in [0.15, 0.2) is 0 Å². The van der Waals surface area contributed by atoms with Crippen molar-refractivity contribution in [2.75, 3.05) is 54.1 Å². The summed E-state index contributed by atoms with van der Waals surface area (Å²) in [4.78, 5) is 18.4. The van der Waals surface area contributed by atoms with Gasteiger partial charge < -0.3 is 15.1 Å². The molecule has 1 aromatic rings. The van der Waals surface area contributed by atoms with Gasteiger partial charge in [0, 0.05) is 44.2 Å². The molecule has 21 heavy (non-hydrogen) atoms. The zero-order valence-corrected chi connectivity index (χ0v) is 13.7. The van der Waals surface area contributed by atoms with Gasteiger partial charge in [-0.05, 0) is 19.3 Å². The Kier molecular flexibility index (Phi) is 4.67. The Hall–Kier alpha value is -1.24. The van der Waals surface area contributed by atoms with E-state index in [1.54, 1.807) is 0 Å². The Morgan fingerprint density at radius 2 is 1.81 bits per heavy atom. The molecule has 1 aromatic heterocycles. The number of hydrogen-bond acceptors (Lipinski definition) is 7. The second-order valence-electron chi connectivity index (χ2n) is 5.55. The van der Waals surface area contributed by atoms with E-state index in [1.165, 1.54) is 19.3 Å². The van der Waals surface area contributed by atoms with Gasteiger partial charge in [-0.3, -0.25) is 0 Å². The lowest BCUT2D eigenvalue weighted by Crippen LogP contribution is -2.39. The van der Waals surface area contributed by atoms with Crippen molar-refractivity contribution >= 4 is 29.6 Å². The maximum Gasteiger partial charge on any atom is 0.232 e. The number of anilines is 3. The van der Waals surface area contributed by atoms with Crippen LogP contribution in [0.15, 0.2) is 0 Å². The third kappa shape index (κ3) is 3.33. The summed E-state index contributed by atoms with van der Waals surface area (Å²) < 4.78 is 0. The van der Waals surface area contributed by atoms with Crippen LogP contribution in [0.1, 0.15) is 26.2 Å². The molecule has 0 spiro atoms. The standard InChI is InChI=1S/C14H24N6S/c1-3-11-10-20(8-9-21-11)14-17-12(15-2)16-13(18-14)19-6-4-5-7-19/h11H,3-10H2,1-2H3,(H,15,16,17,18). The molecular weight excluding hydrogens is 284 g/mol. The zero-order valence-electron chi connectivity index (χ0n) is 12.9. The van der Waals surface area contributed by atoms with Crippen LogP contribution >= 0.6 is 11.8 Å². The fourth-order valence-corrected chi connectivity index (χ4v) is 3.99. The minimum absolute atomic E-state index is 0.674. The van der Waals surface area contributed by atoms with E-state index in [0.717, 1.165) is 43.8 Å². The molecule has 2 aliphatic heterocycles. The lowest BCUT2D eigenvalue weighted by atomic mass is 10.3. The third-order valence-corrected chi connectivity index (χ3v) is 5.47. The number of aromatic nitrogens is 3. The van der Waals surface area contributed by atoms with Gasteiger partial charge >= 0.3 is 0 Å². The van der Waals surface area contributed by atoms with Crippen molar-refractivity contribution < 1.29 is 0 Å². The van der Waals surface area contributed by atoms with Crippen molar-refractivity contribution in [1.82, 2.24) is 15.0 Å². The van der Waals surface area contributed by atoms with Gasteiger partial charge in [0.1, 0.15) is 0 Å². The van der Waals surface area contributed by atoms with Crippen LogP contribution in [-0.2, 0) is 0 Å². The lowest BCUT2D eigenvalue weighted by molar-refractivity contribution is 0.705. The lowest BCUT2D eigenvalue weighted by Gasteiger charge is -2.32. The summed E-state index contributed by atoms with van der Waals surface area (Å²) >= 11 is 2.06. The van der Waals surface area contributed by atoms with Gasteiger partial charge in [-0.2, -0.15) is 26.7 Å². The highest BCUT2D eigenvalue weighted by atomic mass is 32.2. The summed E-state index contributed by atoms with van der Waals surface area (Å²) in [6, 6.07) is 0. The summed E-state index contributed by atoms with van der Waals surface area (Å²) in [6.45, 7) is 6.42. The van der Waals surface area contributed by atoms with Crippen LogP contribution in [0.5, 0.6) is 0 Å². The quantitative estimate of drug-likeness (QED) is 0.911. The molecule has 0 aliphatic carbocycles. The van der Waals surface area contributed by atoms with E-state index in [9.17, 15) is 0 Å². The average Bonchev–Trinajstić information content (AvgIpc) is 3.09. The topological polar surface area (TPSA) is 57.2 Å². The SMILES string of the molecule is CCC1CN(c2nc(NC)nc(N3CCCC3)n2)CCS1. The largest absolute Gasteiger partial charge is 0.357 e. The van der Waals surface area contributed by atoms with Crippen LogP contribution in [0, 0.1) is 0 Å². The van der Waals surface area contributed by atoms with E-state index in [1.807, 2.05) is 7.05 Å². The van der Waals surface area contributed by atoms with Crippen LogP contribution in [0.2, 0.25) is 0 Å². The maximum atomic E-state index is 4.74. The Morgan fingerprint density at radius 3 is 2.48 bits per heavy atom. The zero-order chi connectivity index (χ0) is 14.7. The molecule has 6 nitrogen and oxygen atoms in total. The van der Waals surface area contributed by atoms with Gasteiger partial charge in [-0.15, -0.1) is 0 Å². The molecule has 0 aromatic carbocycles. The summed E-state index contributed by atoms with van der Waals surface area (Å²) in [7, 11) is 1.87. The second-order valence-corrected chi connectivity index (χ2v) is 6.96. The molecule has 3 heterocycles. The van der Waals surface area contributed by atoms with Crippen molar-refractivity contribution in [3.63, 3.8) is 0 Å². The molecule has 1 N–H and O–H groups in total. The number of nitrogens with one attached hydrogen (secondary N) is 1. The first-order valence-corrected chi connectivity index (χ1v) is 8.90. The summed E-state index contributed by atoms with van der Waals surface area (Å²) in [6.07, 6.45) is 3.66. The molecule has 0 saturated carbocycles. The van der Waals surface area contributed by atoms with Crippen molar-refractivity contribution in [2.45, 2.75) is 31.4 Å². The van der Waals surface area contributed by atoms with E-state index in [-0.39, 0.29) is 0 Å². The summed E-state index contributed by atoms with van der Waals surface area (Å²) in [5.41, 5.74) is 0. The molecule has 0 radical (unpaired) electrons. The highest BCUT2D eigenvalue weighted by Gasteiger charge is 2.24. The number of thioether (sulfide) groups is 1. The Balaban J connectivity index is 1.84. The monoisotopic (exact) mass is 308 g/mol. The summed E-state index contributed by atoms with van der Waals surface area (Å²) in [5.74, 6) is 3.48. The van der Waals surface area contributed by atoms with Crippen molar-refractivity contribution in [3.05, 3.63) is 0 Å². The molecule has 1 unspecified atom stereocenters. The molecule has 2 saturated heterocycles. The molecule has 2 aliphatic rings. The van der Waals surface area contributed by atoms with E-state index < -0.39 is 0 Å². The molecule has 0 bridgehead atoms. The minimum Gasteiger partial charge on any atom is -0.357 e. The fourth-order valence-electron chi connectivity index (χ4n) is 2.81. The van der Waals surface area contributed by atoms with E-state index in [0.29, 0.717) is 11.2 Å².